The first-order chi connectivity index (χ1) is 21.5. The number of imidazole rings is 1. The van der Waals surface area contributed by atoms with Crippen LogP contribution in [0.2, 0.25) is 0 Å². The van der Waals surface area contributed by atoms with Crippen LogP contribution in [0.5, 0.6) is 0 Å². The van der Waals surface area contributed by atoms with Crippen LogP contribution < -0.4 is 0 Å². The molecule has 0 unspecified atom stereocenters. The zero-order valence-corrected chi connectivity index (χ0v) is 25.7. The molecule has 0 amide bonds. The Morgan fingerprint density at radius 2 is 1.50 bits per heavy atom. The fraction of sp³-hybridized carbons (Fsp3) is 0.250. The van der Waals surface area contributed by atoms with E-state index in [1.807, 2.05) is 0 Å². The lowest BCUT2D eigenvalue weighted by Crippen LogP contribution is -2.12. The van der Waals surface area contributed by atoms with Crippen molar-refractivity contribution in [3.8, 4) is 28.2 Å². The van der Waals surface area contributed by atoms with Crippen molar-refractivity contribution >= 4 is 33.1 Å². The largest absolute Gasteiger partial charge is 0.437 e. The Bertz CT molecular complexity index is 2140. The van der Waals surface area contributed by atoms with Gasteiger partial charge in [0.25, 0.3) is 0 Å². The number of rotatable bonds is 4. The second-order valence-corrected chi connectivity index (χ2v) is 13.3. The number of benzene rings is 4. The van der Waals surface area contributed by atoms with Crippen LogP contribution in [0.25, 0.3) is 61.3 Å². The van der Waals surface area contributed by atoms with E-state index >= 15 is 0 Å². The highest BCUT2D eigenvalue weighted by atomic mass is 16.3. The molecule has 3 heterocycles. The Balaban J connectivity index is 1.37. The summed E-state index contributed by atoms with van der Waals surface area (Å²) in [7, 11) is 0. The molecular formula is C40H37N3O. The summed E-state index contributed by atoms with van der Waals surface area (Å²) in [6, 6.07) is 36.8. The van der Waals surface area contributed by atoms with Crippen molar-refractivity contribution in [1.82, 2.24) is 14.5 Å². The van der Waals surface area contributed by atoms with Crippen LogP contribution in [0.15, 0.2) is 108 Å². The van der Waals surface area contributed by atoms with E-state index in [-0.39, 0.29) is 5.41 Å². The van der Waals surface area contributed by atoms with Gasteiger partial charge in [0.15, 0.2) is 0 Å². The molecule has 1 saturated carbocycles. The van der Waals surface area contributed by atoms with E-state index in [9.17, 15) is 0 Å². The molecule has 218 valence electrons. The van der Waals surface area contributed by atoms with Crippen molar-refractivity contribution < 1.29 is 4.42 Å². The zero-order valence-electron chi connectivity index (χ0n) is 25.7. The van der Waals surface area contributed by atoms with Gasteiger partial charge in [0.1, 0.15) is 11.4 Å². The molecule has 1 aliphatic carbocycles. The summed E-state index contributed by atoms with van der Waals surface area (Å²) in [5, 5.41) is 2.13. The van der Waals surface area contributed by atoms with E-state index in [1.54, 1.807) is 0 Å². The van der Waals surface area contributed by atoms with Crippen LogP contribution in [0.1, 0.15) is 70.1 Å². The van der Waals surface area contributed by atoms with E-state index in [0.717, 1.165) is 55.9 Å². The second kappa shape index (κ2) is 10.5. The van der Waals surface area contributed by atoms with Crippen LogP contribution in [-0.2, 0) is 5.41 Å². The SMILES string of the molecule is CC(C)(C)c1ccc(-n2c(-c3cccc4c3oc3nc(C5CCCCC5)ccc34)nc3ccccc32)c(-c2ccccc2)c1. The molecule has 7 aromatic rings. The number of pyridine rings is 1. The van der Waals surface area contributed by atoms with Gasteiger partial charge in [-0.25, -0.2) is 9.97 Å². The van der Waals surface area contributed by atoms with Crippen molar-refractivity contribution in [2.45, 2.75) is 64.2 Å². The van der Waals surface area contributed by atoms with Crippen LogP contribution in [0.3, 0.4) is 0 Å². The quantitative estimate of drug-likeness (QED) is 0.210. The monoisotopic (exact) mass is 575 g/mol. The van der Waals surface area contributed by atoms with Gasteiger partial charge in [-0.05, 0) is 71.8 Å². The summed E-state index contributed by atoms with van der Waals surface area (Å²) in [5.74, 6) is 1.39. The summed E-state index contributed by atoms with van der Waals surface area (Å²) in [5.41, 5.74) is 10.5. The fourth-order valence-electron chi connectivity index (χ4n) is 6.99. The van der Waals surface area contributed by atoms with Gasteiger partial charge >= 0.3 is 0 Å². The normalized spacial score (nSPS) is 14.6. The number of hydrogen-bond acceptors (Lipinski definition) is 3. The van der Waals surface area contributed by atoms with Gasteiger partial charge in [0.2, 0.25) is 5.71 Å². The van der Waals surface area contributed by atoms with Crippen LogP contribution in [0, 0.1) is 0 Å². The van der Waals surface area contributed by atoms with Crippen LogP contribution >= 0.6 is 0 Å². The third-order valence-corrected chi connectivity index (χ3v) is 9.40. The van der Waals surface area contributed by atoms with Crippen molar-refractivity contribution in [3.63, 3.8) is 0 Å². The standard InChI is InChI=1S/C40H37N3O/c1-40(2,3)28-21-24-35(32(25-28)26-13-6-4-7-14-26)43-36-20-11-10-19-34(36)41-38(43)31-18-12-17-29-30-22-23-33(27-15-8-5-9-16-27)42-39(30)44-37(29)31/h4,6-7,10-14,17-25,27H,5,8-9,15-16H2,1-3H3. The Morgan fingerprint density at radius 3 is 2.32 bits per heavy atom. The maximum atomic E-state index is 6.67. The average Bonchev–Trinajstić information content (AvgIpc) is 3.63. The maximum Gasteiger partial charge on any atom is 0.227 e. The second-order valence-electron chi connectivity index (χ2n) is 13.3. The van der Waals surface area contributed by atoms with Crippen molar-refractivity contribution in [2.75, 3.05) is 0 Å². The third-order valence-electron chi connectivity index (χ3n) is 9.40. The average molecular weight is 576 g/mol. The molecule has 4 nitrogen and oxygen atoms in total. The topological polar surface area (TPSA) is 43.9 Å². The molecule has 1 fully saturated rings. The Hall–Kier alpha value is -4.70. The van der Waals surface area contributed by atoms with Crippen molar-refractivity contribution in [3.05, 3.63) is 114 Å². The first-order valence-electron chi connectivity index (χ1n) is 16.0. The Morgan fingerprint density at radius 1 is 0.705 bits per heavy atom. The molecule has 4 heteroatoms. The molecule has 0 radical (unpaired) electrons. The summed E-state index contributed by atoms with van der Waals surface area (Å²) >= 11 is 0. The lowest BCUT2D eigenvalue weighted by molar-refractivity contribution is 0.436. The summed E-state index contributed by atoms with van der Waals surface area (Å²) in [6.45, 7) is 6.81. The lowest BCUT2D eigenvalue weighted by atomic mass is 9.85. The number of fused-ring (bicyclic) bond motifs is 4. The van der Waals surface area contributed by atoms with Gasteiger partial charge < -0.3 is 4.42 Å². The van der Waals surface area contributed by atoms with Gasteiger partial charge in [-0.3, -0.25) is 4.57 Å². The van der Waals surface area contributed by atoms with Gasteiger partial charge in [0, 0.05) is 27.9 Å². The smallest absolute Gasteiger partial charge is 0.227 e. The molecule has 0 N–H and O–H groups in total. The maximum absolute atomic E-state index is 6.67. The zero-order chi connectivity index (χ0) is 29.8. The molecule has 44 heavy (non-hydrogen) atoms. The van der Waals surface area contributed by atoms with Crippen molar-refractivity contribution in [2.24, 2.45) is 0 Å². The predicted octanol–water partition coefficient (Wildman–Crippen LogP) is 11.0. The number of nitrogens with zero attached hydrogens (tertiary/aromatic N) is 3. The third kappa shape index (κ3) is 4.52. The molecule has 0 saturated heterocycles. The summed E-state index contributed by atoms with van der Waals surface area (Å²) in [4.78, 5) is 10.3. The predicted molar refractivity (Wildman–Crippen MR) is 182 cm³/mol. The highest BCUT2D eigenvalue weighted by Gasteiger charge is 2.24. The molecule has 1 aliphatic rings. The molecule has 0 atom stereocenters. The number of furan rings is 1. The highest BCUT2D eigenvalue weighted by molar-refractivity contribution is 6.08. The minimum atomic E-state index is 0.0191. The molecule has 3 aromatic heterocycles. The van der Waals surface area contributed by atoms with E-state index in [0.29, 0.717) is 5.92 Å². The van der Waals surface area contributed by atoms with Gasteiger partial charge in [-0.15, -0.1) is 0 Å². The van der Waals surface area contributed by atoms with E-state index in [4.69, 9.17) is 14.4 Å². The summed E-state index contributed by atoms with van der Waals surface area (Å²) < 4.78 is 8.98. The number of hydrogen-bond donors (Lipinski definition) is 0. The van der Waals surface area contributed by atoms with Gasteiger partial charge in [-0.1, -0.05) is 101 Å². The molecule has 0 bridgehead atoms. The number of aromatic nitrogens is 3. The Labute approximate surface area is 258 Å². The molecule has 4 aromatic carbocycles. The fourth-order valence-corrected chi connectivity index (χ4v) is 6.99. The minimum absolute atomic E-state index is 0.0191. The summed E-state index contributed by atoms with van der Waals surface area (Å²) in [6.07, 6.45) is 6.33. The minimum Gasteiger partial charge on any atom is -0.437 e. The molecule has 8 rings (SSSR count). The lowest BCUT2D eigenvalue weighted by Gasteiger charge is -2.23. The van der Waals surface area contributed by atoms with Gasteiger partial charge in [-0.2, -0.15) is 0 Å². The number of para-hydroxylation sites is 3. The molecule has 0 aliphatic heterocycles. The molecule has 0 spiro atoms. The van der Waals surface area contributed by atoms with E-state index in [1.165, 1.54) is 48.8 Å². The van der Waals surface area contributed by atoms with Crippen molar-refractivity contribution in [1.29, 1.82) is 0 Å². The van der Waals surface area contributed by atoms with Gasteiger partial charge in [0.05, 0.1) is 22.3 Å². The molecular weight excluding hydrogens is 538 g/mol. The van der Waals surface area contributed by atoms with Crippen LogP contribution in [0.4, 0.5) is 0 Å². The highest BCUT2D eigenvalue weighted by Crippen LogP contribution is 2.41. The first kappa shape index (κ1) is 26.9. The van der Waals surface area contributed by atoms with E-state index < -0.39 is 0 Å². The first-order valence-corrected chi connectivity index (χ1v) is 16.0. The Kier molecular flexibility index (Phi) is 6.41. The van der Waals surface area contributed by atoms with Crippen LogP contribution in [-0.4, -0.2) is 14.5 Å². The van der Waals surface area contributed by atoms with E-state index in [2.05, 4.69) is 128 Å².